The summed E-state index contributed by atoms with van der Waals surface area (Å²) in [5.74, 6) is 0. The SMILES string of the molecule is CCc1cccc2c(C(O)CCN)c[nH]c12. The second-order valence-electron chi connectivity index (χ2n) is 4.03. The Kier molecular flexibility index (Phi) is 3.27. The molecular weight excluding hydrogens is 200 g/mol. The van der Waals surface area contributed by atoms with Crippen LogP contribution in [0.5, 0.6) is 0 Å². The third kappa shape index (κ3) is 1.84. The van der Waals surface area contributed by atoms with Crippen LogP contribution in [0.3, 0.4) is 0 Å². The summed E-state index contributed by atoms with van der Waals surface area (Å²) in [6, 6.07) is 6.19. The van der Waals surface area contributed by atoms with Crippen molar-refractivity contribution in [3.05, 3.63) is 35.5 Å². The van der Waals surface area contributed by atoms with Crippen molar-refractivity contribution in [2.24, 2.45) is 5.73 Å². The molecule has 86 valence electrons. The molecule has 3 heteroatoms. The molecule has 0 aliphatic heterocycles. The van der Waals surface area contributed by atoms with Crippen molar-refractivity contribution in [2.45, 2.75) is 25.9 Å². The molecule has 0 saturated carbocycles. The molecule has 1 aromatic heterocycles. The molecule has 1 atom stereocenters. The van der Waals surface area contributed by atoms with Gasteiger partial charge in [0.1, 0.15) is 0 Å². The third-order valence-electron chi connectivity index (χ3n) is 3.01. The van der Waals surface area contributed by atoms with E-state index in [0.717, 1.165) is 22.9 Å². The van der Waals surface area contributed by atoms with E-state index in [1.54, 1.807) is 0 Å². The van der Waals surface area contributed by atoms with E-state index in [2.05, 4.69) is 18.0 Å². The summed E-state index contributed by atoms with van der Waals surface area (Å²) in [7, 11) is 0. The van der Waals surface area contributed by atoms with Crippen LogP contribution < -0.4 is 5.73 Å². The first-order valence-corrected chi connectivity index (χ1v) is 5.75. The zero-order valence-corrected chi connectivity index (χ0v) is 9.53. The van der Waals surface area contributed by atoms with Crippen LogP contribution >= 0.6 is 0 Å². The number of aromatic nitrogens is 1. The molecule has 0 spiro atoms. The normalized spacial score (nSPS) is 13.2. The zero-order valence-electron chi connectivity index (χ0n) is 9.53. The predicted molar refractivity (Wildman–Crippen MR) is 66.3 cm³/mol. The lowest BCUT2D eigenvalue weighted by Crippen LogP contribution is -2.06. The second-order valence-corrected chi connectivity index (χ2v) is 4.03. The van der Waals surface area contributed by atoms with Gasteiger partial charge in [-0.05, 0) is 24.9 Å². The van der Waals surface area contributed by atoms with Gasteiger partial charge in [0.2, 0.25) is 0 Å². The number of nitrogens with one attached hydrogen (secondary N) is 1. The molecule has 0 bridgehead atoms. The molecule has 0 saturated heterocycles. The fourth-order valence-corrected chi connectivity index (χ4v) is 2.12. The van der Waals surface area contributed by atoms with Crippen LogP contribution in [-0.2, 0) is 6.42 Å². The lowest BCUT2D eigenvalue weighted by Gasteiger charge is -2.08. The van der Waals surface area contributed by atoms with E-state index in [-0.39, 0.29) is 0 Å². The van der Waals surface area contributed by atoms with E-state index in [1.807, 2.05) is 18.3 Å². The number of fused-ring (bicyclic) bond motifs is 1. The largest absolute Gasteiger partial charge is 0.388 e. The molecule has 1 aromatic carbocycles. The maximum Gasteiger partial charge on any atom is 0.0822 e. The Morgan fingerprint density at radius 3 is 2.94 bits per heavy atom. The standard InChI is InChI=1S/C13H18N2O/c1-2-9-4-3-5-10-11(8-15-13(9)10)12(16)6-7-14/h3-5,8,12,15-16H,2,6-7,14H2,1H3. The van der Waals surface area contributed by atoms with Crippen LogP contribution in [0, 0.1) is 0 Å². The van der Waals surface area contributed by atoms with E-state index in [0.29, 0.717) is 13.0 Å². The average molecular weight is 218 g/mol. The number of hydrogen-bond donors (Lipinski definition) is 3. The van der Waals surface area contributed by atoms with Gasteiger partial charge in [0.25, 0.3) is 0 Å². The van der Waals surface area contributed by atoms with Gasteiger partial charge in [-0.15, -0.1) is 0 Å². The van der Waals surface area contributed by atoms with Crippen molar-refractivity contribution in [3.63, 3.8) is 0 Å². The van der Waals surface area contributed by atoms with Crippen molar-refractivity contribution in [1.29, 1.82) is 0 Å². The van der Waals surface area contributed by atoms with Gasteiger partial charge in [0.15, 0.2) is 0 Å². The Morgan fingerprint density at radius 1 is 1.44 bits per heavy atom. The first-order valence-electron chi connectivity index (χ1n) is 5.75. The van der Waals surface area contributed by atoms with Crippen LogP contribution in [0.4, 0.5) is 0 Å². The molecule has 1 heterocycles. The van der Waals surface area contributed by atoms with Gasteiger partial charge < -0.3 is 15.8 Å². The van der Waals surface area contributed by atoms with Gasteiger partial charge in [0.05, 0.1) is 6.10 Å². The van der Waals surface area contributed by atoms with Gasteiger partial charge in [-0.3, -0.25) is 0 Å². The monoisotopic (exact) mass is 218 g/mol. The number of H-pyrrole nitrogens is 1. The minimum Gasteiger partial charge on any atom is -0.388 e. The molecular formula is C13H18N2O. The van der Waals surface area contributed by atoms with Gasteiger partial charge in [0, 0.05) is 22.7 Å². The van der Waals surface area contributed by atoms with E-state index in [4.69, 9.17) is 5.73 Å². The lowest BCUT2D eigenvalue weighted by atomic mass is 10.0. The van der Waals surface area contributed by atoms with Gasteiger partial charge in [-0.2, -0.15) is 0 Å². The Labute approximate surface area is 95.3 Å². The summed E-state index contributed by atoms with van der Waals surface area (Å²) in [6.45, 7) is 2.63. The number of aliphatic hydroxyl groups excluding tert-OH is 1. The quantitative estimate of drug-likeness (QED) is 0.736. The number of para-hydroxylation sites is 1. The molecule has 3 nitrogen and oxygen atoms in total. The third-order valence-corrected chi connectivity index (χ3v) is 3.01. The van der Waals surface area contributed by atoms with Crippen molar-refractivity contribution in [2.75, 3.05) is 6.54 Å². The fourth-order valence-electron chi connectivity index (χ4n) is 2.12. The summed E-state index contributed by atoms with van der Waals surface area (Å²) >= 11 is 0. The molecule has 1 unspecified atom stereocenters. The molecule has 0 radical (unpaired) electrons. The lowest BCUT2D eigenvalue weighted by molar-refractivity contribution is 0.172. The molecule has 2 rings (SSSR count). The highest BCUT2D eigenvalue weighted by Crippen LogP contribution is 2.27. The number of nitrogens with two attached hydrogens (primary N) is 1. The molecule has 4 N–H and O–H groups in total. The minimum atomic E-state index is -0.467. The average Bonchev–Trinajstić information content (AvgIpc) is 2.72. The number of aliphatic hydroxyl groups is 1. The first kappa shape index (κ1) is 11.2. The number of hydrogen-bond acceptors (Lipinski definition) is 2. The zero-order chi connectivity index (χ0) is 11.5. The number of benzene rings is 1. The molecule has 0 aliphatic carbocycles. The van der Waals surface area contributed by atoms with E-state index < -0.39 is 6.10 Å². The number of aryl methyl sites for hydroxylation is 1. The number of rotatable bonds is 4. The summed E-state index contributed by atoms with van der Waals surface area (Å²) in [6.07, 6.45) is 3.02. The number of aromatic amines is 1. The Bertz CT molecular complexity index is 476. The van der Waals surface area contributed by atoms with Crippen molar-refractivity contribution >= 4 is 10.9 Å². The van der Waals surface area contributed by atoms with E-state index in [9.17, 15) is 5.11 Å². The summed E-state index contributed by atoms with van der Waals surface area (Å²) in [4.78, 5) is 3.25. The minimum absolute atomic E-state index is 0.467. The van der Waals surface area contributed by atoms with Gasteiger partial charge in [-0.1, -0.05) is 25.1 Å². The molecule has 0 fully saturated rings. The molecule has 2 aromatic rings. The van der Waals surface area contributed by atoms with Crippen molar-refractivity contribution in [3.8, 4) is 0 Å². The first-order chi connectivity index (χ1) is 7.77. The maximum absolute atomic E-state index is 9.97. The van der Waals surface area contributed by atoms with Crippen LogP contribution in [0.2, 0.25) is 0 Å². The van der Waals surface area contributed by atoms with Crippen LogP contribution in [0.25, 0.3) is 10.9 Å². The topological polar surface area (TPSA) is 62.0 Å². The summed E-state index contributed by atoms with van der Waals surface area (Å²) in [5.41, 5.74) is 8.84. The van der Waals surface area contributed by atoms with Crippen molar-refractivity contribution < 1.29 is 5.11 Å². The maximum atomic E-state index is 9.97. The Morgan fingerprint density at radius 2 is 2.25 bits per heavy atom. The van der Waals surface area contributed by atoms with Crippen molar-refractivity contribution in [1.82, 2.24) is 4.98 Å². The van der Waals surface area contributed by atoms with Gasteiger partial charge >= 0.3 is 0 Å². The highest BCUT2D eigenvalue weighted by Gasteiger charge is 2.13. The Balaban J connectivity index is 2.48. The molecule has 0 aliphatic rings. The van der Waals surface area contributed by atoms with E-state index >= 15 is 0 Å². The summed E-state index contributed by atoms with van der Waals surface area (Å²) in [5, 5.41) is 11.1. The van der Waals surface area contributed by atoms with Crippen LogP contribution in [-0.4, -0.2) is 16.6 Å². The Hall–Kier alpha value is -1.32. The smallest absolute Gasteiger partial charge is 0.0822 e. The van der Waals surface area contributed by atoms with Crippen LogP contribution in [0.1, 0.15) is 30.6 Å². The van der Waals surface area contributed by atoms with Crippen LogP contribution in [0.15, 0.2) is 24.4 Å². The highest BCUT2D eigenvalue weighted by atomic mass is 16.3. The van der Waals surface area contributed by atoms with E-state index in [1.165, 1.54) is 5.56 Å². The predicted octanol–water partition coefficient (Wildman–Crippen LogP) is 2.11. The summed E-state index contributed by atoms with van der Waals surface area (Å²) < 4.78 is 0. The fraction of sp³-hybridized carbons (Fsp3) is 0.385. The van der Waals surface area contributed by atoms with Gasteiger partial charge in [-0.25, -0.2) is 0 Å². The second kappa shape index (κ2) is 4.68. The highest BCUT2D eigenvalue weighted by molar-refractivity contribution is 5.86. The molecule has 16 heavy (non-hydrogen) atoms. The molecule has 0 amide bonds.